The second kappa shape index (κ2) is 4.42. The minimum absolute atomic E-state index is 0.00553. The number of aryl methyl sites for hydroxylation is 1. The number of anilines is 1. The molecule has 0 amide bonds. The van der Waals surface area contributed by atoms with E-state index in [0.29, 0.717) is 0 Å². The summed E-state index contributed by atoms with van der Waals surface area (Å²) in [5.74, 6) is -0.808. The Bertz CT molecular complexity index is 386. The molecule has 0 spiro atoms. The number of rotatable bonds is 3. The Morgan fingerprint density at radius 3 is 2.75 bits per heavy atom. The number of carbonyl (C=O) groups excluding carboxylic acids is 1. The van der Waals surface area contributed by atoms with Gasteiger partial charge in [-0.05, 0) is 0 Å². The Morgan fingerprint density at radius 2 is 2.25 bits per heavy atom. The first-order chi connectivity index (χ1) is 7.35. The largest absolute Gasteiger partial charge is 0.464 e. The summed E-state index contributed by atoms with van der Waals surface area (Å²) in [6.07, 6.45) is -4.28. The number of nitrogens with zero attached hydrogens (tertiary/aromatic N) is 2. The van der Waals surface area contributed by atoms with Crippen LogP contribution in [0.3, 0.4) is 0 Å². The van der Waals surface area contributed by atoms with Crippen molar-refractivity contribution < 1.29 is 22.7 Å². The molecule has 0 aliphatic carbocycles. The lowest BCUT2D eigenvalue weighted by molar-refractivity contribution is -0.137. The topological polar surface area (TPSA) is 70.1 Å². The normalized spacial score (nSPS) is 11.5. The number of nitrogens with two attached hydrogens (primary N) is 1. The molecule has 1 aromatic heterocycles. The summed E-state index contributed by atoms with van der Waals surface area (Å²) in [6.45, 7) is -0.467. The average Bonchev–Trinajstić information content (AvgIpc) is 2.54. The molecule has 1 heterocycles. The lowest BCUT2D eigenvalue weighted by Crippen LogP contribution is -2.18. The van der Waals surface area contributed by atoms with Crippen molar-refractivity contribution in [2.75, 3.05) is 12.8 Å². The third-order valence-corrected chi connectivity index (χ3v) is 1.85. The van der Waals surface area contributed by atoms with Gasteiger partial charge in [0.15, 0.2) is 5.69 Å². The molecule has 16 heavy (non-hydrogen) atoms. The molecule has 0 aromatic carbocycles. The van der Waals surface area contributed by atoms with E-state index in [4.69, 9.17) is 5.73 Å². The zero-order chi connectivity index (χ0) is 12.3. The number of halogens is 3. The molecule has 8 heteroatoms. The van der Waals surface area contributed by atoms with Crippen molar-refractivity contribution in [1.82, 2.24) is 9.78 Å². The van der Waals surface area contributed by atoms with Crippen molar-refractivity contribution in [3.05, 3.63) is 11.9 Å². The highest BCUT2D eigenvalue weighted by Crippen LogP contribution is 2.21. The molecule has 2 N–H and O–H groups in total. The van der Waals surface area contributed by atoms with Crippen molar-refractivity contribution in [3.63, 3.8) is 0 Å². The maximum atomic E-state index is 12.0. The highest BCUT2D eigenvalue weighted by Gasteiger charge is 2.28. The van der Waals surface area contributed by atoms with Gasteiger partial charge in [0.1, 0.15) is 0 Å². The molecule has 1 rings (SSSR count). The van der Waals surface area contributed by atoms with Crippen LogP contribution in [-0.4, -0.2) is 29.0 Å². The molecule has 5 nitrogen and oxygen atoms in total. The number of nitrogen functional groups attached to an aromatic ring is 1. The maximum Gasteiger partial charge on any atom is 0.390 e. The van der Waals surface area contributed by atoms with Crippen molar-refractivity contribution in [2.45, 2.75) is 19.1 Å². The van der Waals surface area contributed by atoms with Crippen LogP contribution in [0, 0.1) is 0 Å². The molecule has 0 saturated heterocycles. The number of ether oxygens (including phenoxy) is 1. The molecule has 0 fully saturated rings. The average molecular weight is 237 g/mol. The van der Waals surface area contributed by atoms with Crippen LogP contribution in [0.15, 0.2) is 6.20 Å². The van der Waals surface area contributed by atoms with Gasteiger partial charge < -0.3 is 10.5 Å². The molecule has 0 radical (unpaired) electrons. The predicted molar refractivity (Wildman–Crippen MR) is 48.7 cm³/mol. The van der Waals surface area contributed by atoms with Crippen LogP contribution in [0.25, 0.3) is 0 Å². The summed E-state index contributed by atoms with van der Waals surface area (Å²) in [4.78, 5) is 11.2. The zero-order valence-corrected chi connectivity index (χ0v) is 8.41. The number of methoxy groups -OCH3 is 1. The fraction of sp³-hybridized carbons (Fsp3) is 0.500. The number of aromatic nitrogens is 2. The summed E-state index contributed by atoms with van der Waals surface area (Å²) in [6, 6.07) is 0. The molecule has 0 bridgehead atoms. The van der Waals surface area contributed by atoms with Gasteiger partial charge in [0, 0.05) is 0 Å². The van der Waals surface area contributed by atoms with Gasteiger partial charge in [0.2, 0.25) is 0 Å². The molecule has 0 atom stereocenters. The van der Waals surface area contributed by atoms with Crippen LogP contribution in [0.4, 0.5) is 18.9 Å². The van der Waals surface area contributed by atoms with Crippen LogP contribution in [0.1, 0.15) is 16.9 Å². The van der Waals surface area contributed by atoms with E-state index in [2.05, 4.69) is 9.84 Å². The van der Waals surface area contributed by atoms with E-state index in [1.165, 1.54) is 0 Å². The Morgan fingerprint density at radius 1 is 1.62 bits per heavy atom. The van der Waals surface area contributed by atoms with E-state index in [0.717, 1.165) is 18.0 Å². The fourth-order valence-electron chi connectivity index (χ4n) is 1.12. The molecule has 1 aromatic rings. The zero-order valence-electron chi connectivity index (χ0n) is 8.41. The minimum atomic E-state index is -4.31. The van der Waals surface area contributed by atoms with Gasteiger partial charge >= 0.3 is 12.1 Å². The van der Waals surface area contributed by atoms with Gasteiger partial charge in [-0.1, -0.05) is 0 Å². The highest BCUT2D eigenvalue weighted by molar-refractivity contribution is 5.92. The van der Waals surface area contributed by atoms with Gasteiger partial charge in [0.25, 0.3) is 0 Å². The van der Waals surface area contributed by atoms with Crippen LogP contribution < -0.4 is 5.73 Å². The highest BCUT2D eigenvalue weighted by atomic mass is 19.4. The minimum Gasteiger partial charge on any atom is -0.464 e. The Kier molecular flexibility index (Phi) is 3.41. The van der Waals surface area contributed by atoms with Crippen LogP contribution in [-0.2, 0) is 11.3 Å². The lowest BCUT2D eigenvalue weighted by Gasteiger charge is -2.08. The van der Waals surface area contributed by atoms with Gasteiger partial charge in [-0.2, -0.15) is 18.3 Å². The Hall–Kier alpha value is -1.73. The van der Waals surface area contributed by atoms with E-state index >= 15 is 0 Å². The van der Waals surface area contributed by atoms with Crippen molar-refractivity contribution in [3.8, 4) is 0 Å². The number of hydrogen-bond acceptors (Lipinski definition) is 4. The third-order valence-electron chi connectivity index (χ3n) is 1.85. The molecular weight excluding hydrogens is 227 g/mol. The van der Waals surface area contributed by atoms with Gasteiger partial charge in [-0.15, -0.1) is 0 Å². The number of esters is 1. The van der Waals surface area contributed by atoms with Crippen LogP contribution in [0.2, 0.25) is 0 Å². The SMILES string of the molecule is COC(=O)c1c(N)cnn1CCC(F)(F)F. The first-order valence-corrected chi connectivity index (χ1v) is 4.31. The van der Waals surface area contributed by atoms with Gasteiger partial charge in [-0.3, -0.25) is 4.68 Å². The van der Waals surface area contributed by atoms with E-state index in [1.54, 1.807) is 0 Å². The number of carbonyl (C=O) groups is 1. The Balaban J connectivity index is 2.85. The first kappa shape index (κ1) is 12.3. The van der Waals surface area contributed by atoms with Crippen LogP contribution >= 0.6 is 0 Å². The van der Waals surface area contributed by atoms with E-state index in [1.807, 2.05) is 0 Å². The van der Waals surface area contributed by atoms with Crippen molar-refractivity contribution in [2.24, 2.45) is 0 Å². The summed E-state index contributed by atoms with van der Waals surface area (Å²) in [5.41, 5.74) is 5.23. The molecule has 0 aliphatic heterocycles. The second-order valence-corrected chi connectivity index (χ2v) is 3.03. The molecule has 90 valence electrons. The van der Waals surface area contributed by atoms with Gasteiger partial charge in [-0.25, -0.2) is 4.79 Å². The first-order valence-electron chi connectivity index (χ1n) is 4.31. The number of alkyl halides is 3. The molecule has 0 unspecified atom stereocenters. The quantitative estimate of drug-likeness (QED) is 0.802. The summed E-state index contributed by atoms with van der Waals surface area (Å²) in [5, 5.41) is 3.58. The lowest BCUT2D eigenvalue weighted by atomic mass is 10.3. The Labute approximate surface area is 89.0 Å². The van der Waals surface area contributed by atoms with E-state index < -0.39 is 25.1 Å². The van der Waals surface area contributed by atoms with Crippen LogP contribution in [0.5, 0.6) is 0 Å². The predicted octanol–water partition coefficient (Wildman–Crippen LogP) is 1.20. The van der Waals surface area contributed by atoms with E-state index in [-0.39, 0.29) is 11.4 Å². The van der Waals surface area contributed by atoms with Crippen molar-refractivity contribution in [1.29, 1.82) is 0 Å². The fourth-order valence-corrected chi connectivity index (χ4v) is 1.12. The summed E-state index contributed by atoms with van der Waals surface area (Å²) in [7, 11) is 1.11. The maximum absolute atomic E-state index is 12.0. The smallest absolute Gasteiger partial charge is 0.390 e. The monoisotopic (exact) mass is 237 g/mol. The van der Waals surface area contributed by atoms with Gasteiger partial charge in [0.05, 0.1) is 32.0 Å². The summed E-state index contributed by atoms with van der Waals surface area (Å²) < 4.78 is 41.2. The summed E-state index contributed by atoms with van der Waals surface area (Å²) >= 11 is 0. The van der Waals surface area contributed by atoms with E-state index in [9.17, 15) is 18.0 Å². The third kappa shape index (κ3) is 2.88. The second-order valence-electron chi connectivity index (χ2n) is 3.03. The molecule has 0 saturated carbocycles. The molecule has 0 aliphatic rings. The molecular formula is C8H10F3N3O2. The number of hydrogen-bond donors (Lipinski definition) is 1. The standard InChI is InChI=1S/C8H10F3N3O2/c1-16-7(15)6-5(12)4-13-14(6)3-2-8(9,10)11/h4H,2-3,12H2,1H3. The van der Waals surface area contributed by atoms with Crippen molar-refractivity contribution >= 4 is 11.7 Å².